The van der Waals surface area contributed by atoms with E-state index in [2.05, 4.69) is 5.11 Å². The van der Waals surface area contributed by atoms with Gasteiger partial charge in [0.25, 0.3) is 1.43 Å². The third-order valence-corrected chi connectivity index (χ3v) is 0.577. The van der Waals surface area contributed by atoms with Gasteiger partial charge in [-0.1, -0.05) is 0 Å². The summed E-state index contributed by atoms with van der Waals surface area (Å²) in [6.07, 6.45) is -0.142. The highest BCUT2D eigenvalue weighted by Gasteiger charge is 2.16. The van der Waals surface area contributed by atoms with Crippen molar-refractivity contribution in [3.8, 4) is 0 Å². The second-order valence-corrected chi connectivity index (χ2v) is 2.36. The number of rotatable bonds is 2. The zero-order valence-electron chi connectivity index (χ0n) is 5.97. The largest absolute Gasteiger partial charge is 0.481 e. The molecule has 0 atom stereocenters. The van der Waals surface area contributed by atoms with Crippen molar-refractivity contribution in [1.29, 1.82) is 1.43 Å². The summed E-state index contributed by atoms with van der Waals surface area (Å²) in [7, 11) is 0. The van der Waals surface area contributed by atoms with E-state index in [9.17, 15) is 4.79 Å². The van der Waals surface area contributed by atoms with Crippen LogP contribution in [0.1, 0.15) is 20.3 Å². The first-order valence-electron chi connectivity index (χ1n) is 2.75. The average Bonchev–Trinajstić information content (AvgIpc) is 1.62. The van der Waals surface area contributed by atoms with E-state index in [1.165, 1.54) is 13.8 Å². The maximum Gasteiger partial charge on any atom is 0.306 e. The van der Waals surface area contributed by atoms with Crippen LogP contribution in [-0.4, -0.2) is 21.8 Å². The van der Waals surface area contributed by atoms with Gasteiger partial charge in [-0.05, 0) is 13.8 Å². The third-order valence-electron chi connectivity index (χ3n) is 0.577. The van der Waals surface area contributed by atoms with E-state index >= 15 is 0 Å². The minimum Gasteiger partial charge on any atom is -0.481 e. The molecule has 0 fully saturated rings. The van der Waals surface area contributed by atoms with Gasteiger partial charge in [0.05, 0.1) is 12.0 Å². The Hall–Kier alpha value is -0.570. The molecule has 0 aromatic carbocycles. The fraction of sp³-hybridized carbons (Fsp3) is 0.800. The molecule has 0 saturated carbocycles. The predicted molar refractivity (Wildman–Crippen MR) is 28.6 cm³/mol. The van der Waals surface area contributed by atoms with Crippen molar-refractivity contribution in [3.05, 3.63) is 0 Å². The van der Waals surface area contributed by atoms with Crippen molar-refractivity contribution in [1.82, 2.24) is 0 Å². The van der Waals surface area contributed by atoms with Crippen LogP contribution in [0.4, 0.5) is 0 Å². The van der Waals surface area contributed by atoms with Gasteiger partial charge in [-0.2, -0.15) is 0 Å². The zero-order chi connectivity index (χ0) is 7.49. The fourth-order valence-electron chi connectivity index (χ4n) is 0.353. The molecule has 8 heavy (non-hydrogen) atoms. The summed E-state index contributed by atoms with van der Waals surface area (Å²) in [6.45, 7) is 2.95. The molecule has 0 amide bonds. The van der Waals surface area contributed by atoms with E-state index in [1.807, 2.05) is 0 Å². The quantitative estimate of drug-likeness (QED) is 0.547. The van der Waals surface area contributed by atoms with Gasteiger partial charge in [0, 0.05) is 0 Å². The van der Waals surface area contributed by atoms with E-state index in [0.29, 0.717) is 0 Å². The van der Waals surface area contributed by atoms with Crippen molar-refractivity contribution in [2.24, 2.45) is 0 Å². The molecule has 0 radical (unpaired) electrons. The van der Waals surface area contributed by atoms with E-state index < -0.39 is 11.6 Å². The molecule has 0 spiro atoms. The molecule has 0 aliphatic heterocycles. The Morgan fingerprint density at radius 3 is 2.50 bits per heavy atom. The molecule has 0 rings (SSSR count). The molecule has 0 bridgehead atoms. The van der Waals surface area contributed by atoms with Crippen LogP contribution in [0.15, 0.2) is 0 Å². The molecule has 0 aromatic rings. The van der Waals surface area contributed by atoms with Crippen LogP contribution >= 0.6 is 0 Å². The number of carboxylic acids is 1. The summed E-state index contributed by atoms with van der Waals surface area (Å²) in [5, 5.41) is 12.5. The van der Waals surface area contributed by atoms with Crippen LogP contribution in [0.25, 0.3) is 1.43 Å². The lowest BCUT2D eigenvalue weighted by molar-refractivity contribution is -0.141. The number of carboxylic acid groups (broad SMARTS) is 1. The summed E-state index contributed by atoms with van der Waals surface area (Å²) >= 11 is 0. The Kier molecular flexibility index (Phi) is 1.48. The van der Waals surface area contributed by atoms with Crippen LogP contribution in [0.5, 0.6) is 0 Å². The van der Waals surface area contributed by atoms with Gasteiger partial charge in [0.2, 0.25) is 0 Å². The van der Waals surface area contributed by atoms with Gasteiger partial charge >= 0.3 is 5.97 Å². The van der Waals surface area contributed by atoms with Gasteiger partial charge in [-0.15, -0.1) is 0 Å². The normalized spacial score (nSPS) is 12.6. The van der Waals surface area contributed by atoms with Crippen LogP contribution in [0.2, 0.25) is 0 Å². The molecule has 0 heterocycles. The van der Waals surface area contributed by atoms with E-state index in [-0.39, 0.29) is 6.42 Å². The topological polar surface area (TPSA) is 57.5 Å². The smallest absolute Gasteiger partial charge is 0.306 e. The van der Waals surface area contributed by atoms with Gasteiger partial charge in [0.15, 0.2) is 0 Å². The van der Waals surface area contributed by atoms with Gasteiger partial charge < -0.3 is 10.2 Å². The highest BCUT2D eigenvalue weighted by Crippen LogP contribution is 2.05. The standard InChI is InChI=1S/C5H10O3/c1-5(2,8)3-4(6)7/h8H,3H2,1-2H3,(H,6,7)/i/hD. The molecule has 3 nitrogen and oxygen atoms in total. The fourth-order valence-corrected chi connectivity index (χ4v) is 0.353. The Bertz CT molecular complexity index is 105. The highest BCUT2D eigenvalue weighted by molar-refractivity contribution is 5.67. The number of hydrogen-bond acceptors (Lipinski definition) is 3. The number of hydrogen-bond donors (Lipinski definition) is 2. The maximum atomic E-state index is 10.3. The molecular weight excluding hydrogens is 108 g/mol. The van der Waals surface area contributed by atoms with Crippen LogP contribution < -0.4 is 0 Å². The van der Waals surface area contributed by atoms with Crippen molar-refractivity contribution in [2.75, 3.05) is 0 Å². The lowest BCUT2D eigenvalue weighted by Crippen LogP contribution is -2.22. The van der Waals surface area contributed by atoms with E-state index in [0.717, 1.165) is 0 Å². The Labute approximate surface area is 49.4 Å². The second kappa shape index (κ2) is 2.13. The summed E-state index contributed by atoms with van der Waals surface area (Å²) in [4.78, 5) is 10.3. The molecule has 48 valence electrons. The summed E-state index contributed by atoms with van der Waals surface area (Å²) in [5.74, 6) is -0.720. The lowest BCUT2D eigenvalue weighted by atomic mass is 10.1. The predicted octanol–water partition coefficient (Wildman–Crippen LogP) is 0.232. The SMILES string of the molecule is [2H]OC(=O)CC(C)(C)O. The van der Waals surface area contributed by atoms with Crippen molar-refractivity contribution in [2.45, 2.75) is 25.9 Å². The summed E-state index contributed by atoms with van der Waals surface area (Å²) in [6, 6.07) is 0. The molecule has 3 heteroatoms. The first-order chi connectivity index (χ1) is 3.95. The minimum atomic E-state index is -1.07. The average molecular weight is 119 g/mol. The highest BCUT2D eigenvalue weighted by atomic mass is 16.4. The van der Waals surface area contributed by atoms with E-state index in [4.69, 9.17) is 6.54 Å². The third kappa shape index (κ3) is 5.43. The zero-order valence-corrected chi connectivity index (χ0v) is 4.97. The van der Waals surface area contributed by atoms with Gasteiger partial charge in [-0.3, -0.25) is 4.79 Å². The monoisotopic (exact) mass is 119 g/mol. The molecule has 0 saturated heterocycles. The number of aliphatic carboxylic acids is 1. The molecule has 0 aliphatic carbocycles. The van der Waals surface area contributed by atoms with Crippen molar-refractivity contribution < 1.29 is 15.0 Å². The second-order valence-electron chi connectivity index (χ2n) is 2.36. The molecular formula is C5H10O3. The van der Waals surface area contributed by atoms with Crippen LogP contribution in [0.3, 0.4) is 0 Å². The summed E-state index contributed by atoms with van der Waals surface area (Å²) < 4.78 is 6.13. The molecule has 0 unspecified atom stereocenters. The first kappa shape index (κ1) is 5.56. The van der Waals surface area contributed by atoms with Crippen LogP contribution in [0, 0.1) is 0 Å². The summed E-state index contributed by atoms with van der Waals surface area (Å²) in [5.41, 5.74) is -1.07. The van der Waals surface area contributed by atoms with E-state index in [1.54, 1.807) is 0 Å². The Morgan fingerprint density at radius 1 is 1.88 bits per heavy atom. The molecule has 0 aliphatic rings. The lowest BCUT2D eigenvalue weighted by Gasteiger charge is -2.12. The van der Waals surface area contributed by atoms with Gasteiger partial charge in [-0.25, -0.2) is 0 Å². The first-order valence-corrected chi connectivity index (χ1v) is 2.34. The Balaban J connectivity index is 3.60. The Morgan fingerprint density at radius 2 is 2.38 bits per heavy atom. The van der Waals surface area contributed by atoms with Crippen molar-refractivity contribution in [3.63, 3.8) is 0 Å². The van der Waals surface area contributed by atoms with Crippen LogP contribution in [-0.2, 0) is 4.79 Å². The molecule has 0 aromatic heterocycles. The minimum absolute atomic E-state index is 0.142. The van der Waals surface area contributed by atoms with Gasteiger partial charge in [0.1, 0.15) is 0 Å². The van der Waals surface area contributed by atoms with Crippen molar-refractivity contribution >= 4 is 5.97 Å². The number of carbonyl (C=O) groups is 1. The molecule has 2 N–H and O–H groups in total. The maximum absolute atomic E-state index is 10.3. The number of aliphatic hydroxyl groups is 1.